The molecule has 140 valence electrons. The molecule has 0 spiro atoms. The number of guanidine groups is 1. The Morgan fingerprint density at radius 3 is 2.56 bits per heavy atom. The Kier molecular flexibility index (Phi) is 6.28. The highest BCUT2D eigenvalue weighted by molar-refractivity contribution is 14.0. The molecule has 4 heterocycles. The number of thiophene rings is 1. The van der Waals surface area contributed by atoms with Crippen LogP contribution < -0.4 is 5.32 Å². The molecule has 5 nitrogen and oxygen atoms in total. The molecular weight excluding hydrogens is 447 g/mol. The molecule has 0 radical (unpaired) electrons. The molecule has 7 heteroatoms. The first-order chi connectivity index (χ1) is 11.7. The van der Waals surface area contributed by atoms with Gasteiger partial charge in [-0.1, -0.05) is 0 Å². The van der Waals surface area contributed by atoms with Crippen LogP contribution in [0.3, 0.4) is 0 Å². The fourth-order valence-electron chi connectivity index (χ4n) is 4.72. The van der Waals surface area contributed by atoms with Crippen LogP contribution in [0.4, 0.5) is 0 Å². The van der Waals surface area contributed by atoms with Crippen LogP contribution in [0.2, 0.25) is 0 Å². The van der Waals surface area contributed by atoms with Crippen molar-refractivity contribution >= 4 is 41.3 Å². The van der Waals surface area contributed by atoms with E-state index in [1.165, 1.54) is 18.4 Å². The van der Waals surface area contributed by atoms with Gasteiger partial charge in [0.15, 0.2) is 5.96 Å². The van der Waals surface area contributed by atoms with Crippen LogP contribution in [0.5, 0.6) is 0 Å². The zero-order chi connectivity index (χ0) is 16.7. The number of likely N-dealkylation sites (N-methyl/N-ethyl adjacent to an activating group) is 1. The van der Waals surface area contributed by atoms with E-state index in [0.29, 0.717) is 30.1 Å². The van der Waals surface area contributed by atoms with E-state index >= 15 is 0 Å². The number of fused-ring (bicyclic) bond motifs is 5. The maximum atomic E-state index is 6.09. The van der Waals surface area contributed by atoms with Crippen molar-refractivity contribution in [2.75, 3.05) is 40.8 Å². The van der Waals surface area contributed by atoms with Crippen molar-refractivity contribution in [3.8, 4) is 0 Å². The lowest BCUT2D eigenvalue weighted by Crippen LogP contribution is -2.44. The van der Waals surface area contributed by atoms with Crippen LogP contribution >= 0.6 is 35.3 Å². The Balaban J connectivity index is 0.00000182. The fraction of sp³-hybridized carbons (Fsp3) is 0.722. The van der Waals surface area contributed by atoms with E-state index in [2.05, 4.69) is 51.0 Å². The van der Waals surface area contributed by atoms with E-state index in [-0.39, 0.29) is 24.0 Å². The van der Waals surface area contributed by atoms with E-state index in [1.807, 2.05) is 7.05 Å². The number of hydrogen-bond acceptors (Lipinski definition) is 4. The maximum absolute atomic E-state index is 6.09. The number of rotatable bonds is 4. The molecule has 5 atom stereocenters. The minimum Gasteiger partial charge on any atom is -0.374 e. The summed E-state index contributed by atoms with van der Waals surface area (Å²) in [6, 6.07) is 2.59. The summed E-state index contributed by atoms with van der Waals surface area (Å²) in [5, 5.41) is 8.01. The number of nitrogens with zero attached hydrogens (tertiary/aromatic N) is 3. The van der Waals surface area contributed by atoms with E-state index in [9.17, 15) is 0 Å². The highest BCUT2D eigenvalue weighted by atomic mass is 127. The summed E-state index contributed by atoms with van der Waals surface area (Å²) in [5.74, 6) is 2.47. The second-order valence-corrected chi connectivity index (χ2v) is 8.27. The van der Waals surface area contributed by atoms with Crippen LogP contribution in [0, 0.1) is 11.8 Å². The predicted molar refractivity (Wildman–Crippen MR) is 114 cm³/mol. The number of halogens is 1. The first-order valence-electron chi connectivity index (χ1n) is 8.97. The second-order valence-electron chi connectivity index (χ2n) is 7.49. The zero-order valence-electron chi connectivity index (χ0n) is 15.2. The van der Waals surface area contributed by atoms with Gasteiger partial charge in [0.05, 0.1) is 18.2 Å². The van der Waals surface area contributed by atoms with Gasteiger partial charge in [-0.15, -0.1) is 24.0 Å². The normalized spacial score (nSPS) is 32.0. The van der Waals surface area contributed by atoms with Crippen molar-refractivity contribution in [2.24, 2.45) is 16.8 Å². The molecule has 0 aromatic carbocycles. The van der Waals surface area contributed by atoms with Gasteiger partial charge in [-0.3, -0.25) is 4.99 Å². The quantitative estimate of drug-likeness (QED) is 0.412. The summed E-state index contributed by atoms with van der Waals surface area (Å²) in [6.45, 7) is 3.07. The second kappa shape index (κ2) is 8.10. The average Bonchev–Trinajstić information content (AvgIpc) is 3.33. The lowest BCUT2D eigenvalue weighted by molar-refractivity contribution is 0.0767. The number of ether oxygens (including phenoxy) is 1. The minimum atomic E-state index is 0. The average molecular weight is 476 g/mol. The van der Waals surface area contributed by atoms with E-state index in [0.717, 1.165) is 25.6 Å². The third kappa shape index (κ3) is 3.70. The Morgan fingerprint density at radius 1 is 1.36 bits per heavy atom. The molecule has 3 saturated heterocycles. The smallest absolute Gasteiger partial charge is 0.193 e. The van der Waals surface area contributed by atoms with Gasteiger partial charge in [0, 0.05) is 38.5 Å². The number of aliphatic imine (C=N–C) groups is 1. The Morgan fingerprint density at radius 2 is 2.04 bits per heavy atom. The lowest BCUT2D eigenvalue weighted by Gasteiger charge is -2.28. The van der Waals surface area contributed by atoms with Crippen molar-refractivity contribution in [2.45, 2.75) is 31.1 Å². The topological polar surface area (TPSA) is 40.1 Å². The molecule has 0 amide bonds. The molecule has 1 aromatic heterocycles. The van der Waals surface area contributed by atoms with Crippen LogP contribution in [0.25, 0.3) is 0 Å². The molecule has 2 bridgehead atoms. The molecule has 3 aliphatic rings. The molecule has 1 aromatic rings. The van der Waals surface area contributed by atoms with Gasteiger partial charge in [0.1, 0.15) is 0 Å². The van der Waals surface area contributed by atoms with Gasteiger partial charge in [-0.25, -0.2) is 0 Å². The van der Waals surface area contributed by atoms with Crippen molar-refractivity contribution in [3.63, 3.8) is 0 Å². The Labute approximate surface area is 171 Å². The first kappa shape index (κ1) is 19.4. The lowest BCUT2D eigenvalue weighted by atomic mass is 9.82. The maximum Gasteiger partial charge on any atom is 0.193 e. The van der Waals surface area contributed by atoms with Crippen molar-refractivity contribution in [3.05, 3.63) is 22.4 Å². The van der Waals surface area contributed by atoms with Crippen molar-refractivity contribution in [1.82, 2.24) is 15.1 Å². The largest absolute Gasteiger partial charge is 0.374 e. The highest BCUT2D eigenvalue weighted by Crippen LogP contribution is 2.47. The third-order valence-corrected chi connectivity index (χ3v) is 6.67. The SMILES string of the molecule is CN=C(NCC(c1ccsc1)N(C)C)N1CC2C3CCC(O3)C2C1.I. The Bertz CT molecular complexity index is 576. The summed E-state index contributed by atoms with van der Waals surface area (Å²) in [6.07, 6.45) is 3.52. The van der Waals surface area contributed by atoms with Crippen molar-refractivity contribution < 1.29 is 4.74 Å². The first-order valence-corrected chi connectivity index (χ1v) is 9.91. The molecule has 0 saturated carbocycles. The summed E-state index contributed by atoms with van der Waals surface area (Å²) < 4.78 is 6.09. The third-order valence-electron chi connectivity index (χ3n) is 5.97. The molecule has 1 N–H and O–H groups in total. The highest BCUT2D eigenvalue weighted by Gasteiger charge is 2.53. The molecule has 4 rings (SSSR count). The van der Waals surface area contributed by atoms with E-state index in [1.54, 1.807) is 11.3 Å². The van der Waals surface area contributed by atoms with Gasteiger partial charge in [-0.2, -0.15) is 11.3 Å². The molecular formula is C18H29IN4OS. The number of nitrogens with one attached hydrogen (secondary N) is 1. The van der Waals surface area contributed by atoms with Gasteiger partial charge < -0.3 is 19.9 Å². The summed E-state index contributed by atoms with van der Waals surface area (Å²) in [7, 11) is 6.18. The molecule has 25 heavy (non-hydrogen) atoms. The fourth-order valence-corrected chi connectivity index (χ4v) is 5.42. The van der Waals surface area contributed by atoms with Gasteiger partial charge in [-0.05, 0) is 49.3 Å². The van der Waals surface area contributed by atoms with Crippen LogP contribution in [-0.4, -0.2) is 68.7 Å². The standard InChI is InChI=1S/C18H28N4OS.HI/c1-19-18(20-8-15(21(2)3)12-6-7-24-11-12)22-9-13-14(10-22)17-5-4-16(13)23-17;/h6-7,11,13-17H,4-5,8-10H2,1-3H3,(H,19,20);1H. The number of likely N-dealkylation sites (tertiary alicyclic amines) is 1. The zero-order valence-corrected chi connectivity index (χ0v) is 18.4. The van der Waals surface area contributed by atoms with Crippen LogP contribution in [-0.2, 0) is 4.74 Å². The Hall–Kier alpha value is -0.380. The predicted octanol–water partition coefficient (Wildman–Crippen LogP) is 2.65. The molecule has 0 aliphatic carbocycles. The molecule has 3 aliphatic heterocycles. The van der Waals surface area contributed by atoms with Gasteiger partial charge in [0.25, 0.3) is 0 Å². The van der Waals surface area contributed by atoms with Gasteiger partial charge >= 0.3 is 0 Å². The van der Waals surface area contributed by atoms with Gasteiger partial charge in [0.2, 0.25) is 0 Å². The van der Waals surface area contributed by atoms with E-state index < -0.39 is 0 Å². The summed E-state index contributed by atoms with van der Waals surface area (Å²) in [5.41, 5.74) is 1.37. The molecule has 5 unspecified atom stereocenters. The minimum absolute atomic E-state index is 0. The number of hydrogen-bond donors (Lipinski definition) is 1. The van der Waals surface area contributed by atoms with Crippen LogP contribution in [0.1, 0.15) is 24.4 Å². The van der Waals surface area contributed by atoms with E-state index in [4.69, 9.17) is 4.74 Å². The summed E-state index contributed by atoms with van der Waals surface area (Å²) in [4.78, 5) is 9.28. The molecule has 3 fully saturated rings. The summed E-state index contributed by atoms with van der Waals surface area (Å²) >= 11 is 1.76. The van der Waals surface area contributed by atoms with Crippen molar-refractivity contribution in [1.29, 1.82) is 0 Å². The van der Waals surface area contributed by atoms with Crippen LogP contribution in [0.15, 0.2) is 21.8 Å². The monoisotopic (exact) mass is 476 g/mol.